The van der Waals surface area contributed by atoms with E-state index >= 15 is 0 Å². The molecule has 0 amide bonds. The Labute approximate surface area is 80.4 Å². The Bertz CT molecular complexity index is 159. The minimum Gasteiger partial charge on any atom is -0.383 e. The second kappa shape index (κ2) is 7.04. The summed E-state index contributed by atoms with van der Waals surface area (Å²) in [6, 6.07) is 0.363. The fourth-order valence-electron chi connectivity index (χ4n) is 1.43. The molecule has 1 aliphatic rings. The highest BCUT2D eigenvalue weighted by Gasteiger charge is 2.24. The lowest BCUT2D eigenvalue weighted by molar-refractivity contribution is 0.129. The van der Waals surface area contributed by atoms with Gasteiger partial charge in [0.25, 0.3) is 0 Å². The minimum absolute atomic E-state index is 0.363. The molecule has 2 nitrogen and oxygen atoms in total. The predicted octanol–water partition coefficient (Wildman–Crippen LogP) is 2.22. The number of rotatable bonds is 2. The average molecular weight is 189 g/mol. The highest BCUT2D eigenvalue weighted by atomic mass is 19.1. The van der Waals surface area contributed by atoms with Gasteiger partial charge in [-0.3, -0.25) is 4.90 Å². The highest BCUT2D eigenvalue weighted by molar-refractivity contribution is 5.09. The van der Waals surface area contributed by atoms with E-state index in [-0.39, 0.29) is 0 Å². The van der Waals surface area contributed by atoms with Crippen LogP contribution in [0.15, 0.2) is 11.9 Å². The molecule has 1 saturated heterocycles. The van der Waals surface area contributed by atoms with E-state index in [4.69, 9.17) is 4.74 Å². The average Bonchev–Trinajstić information content (AvgIpc) is 2.52. The normalized spacial score (nSPS) is 25.9. The zero-order valence-corrected chi connectivity index (χ0v) is 9.01. The summed E-state index contributed by atoms with van der Waals surface area (Å²) in [5.41, 5.74) is 0.870. The van der Waals surface area contributed by atoms with Gasteiger partial charge < -0.3 is 4.74 Å². The molecular weight excluding hydrogens is 169 g/mol. The summed E-state index contributed by atoms with van der Waals surface area (Å²) in [6.07, 6.45) is 1.52. The zero-order valence-electron chi connectivity index (χ0n) is 9.01. The molecule has 0 aromatic carbocycles. The van der Waals surface area contributed by atoms with Crippen molar-refractivity contribution < 1.29 is 9.13 Å². The Balaban J connectivity index is 0.000000671. The van der Waals surface area contributed by atoms with Gasteiger partial charge in [0, 0.05) is 19.7 Å². The lowest BCUT2D eigenvalue weighted by atomic mass is 10.2. The van der Waals surface area contributed by atoms with Crippen molar-refractivity contribution >= 4 is 0 Å². The van der Waals surface area contributed by atoms with Gasteiger partial charge in [0.15, 0.2) is 0 Å². The fourth-order valence-corrected chi connectivity index (χ4v) is 1.43. The lowest BCUT2D eigenvalue weighted by Gasteiger charge is -2.16. The maximum Gasteiger partial charge on any atom is 0.0872 e. The molecule has 0 radical (unpaired) electrons. The van der Waals surface area contributed by atoms with Crippen molar-refractivity contribution in [2.24, 2.45) is 0 Å². The maximum absolute atomic E-state index is 12.1. The SMILES string of the molecule is CC.COCC1C/C(=C/F)CN1C. The number of halogens is 1. The number of ether oxygens (including phenoxy) is 1. The van der Waals surface area contributed by atoms with Crippen LogP contribution in [-0.4, -0.2) is 38.3 Å². The van der Waals surface area contributed by atoms with Crippen LogP contribution in [-0.2, 0) is 4.74 Å². The van der Waals surface area contributed by atoms with Gasteiger partial charge in [-0.1, -0.05) is 13.8 Å². The van der Waals surface area contributed by atoms with E-state index in [0.29, 0.717) is 19.0 Å². The lowest BCUT2D eigenvalue weighted by Crippen LogP contribution is -2.28. The second-order valence-electron chi connectivity index (χ2n) is 3.00. The van der Waals surface area contributed by atoms with Crippen molar-refractivity contribution in [3.63, 3.8) is 0 Å². The van der Waals surface area contributed by atoms with Crippen LogP contribution in [0, 0.1) is 0 Å². The molecule has 1 atom stereocenters. The molecule has 1 fully saturated rings. The van der Waals surface area contributed by atoms with Crippen molar-refractivity contribution in [2.75, 3.05) is 27.3 Å². The van der Waals surface area contributed by atoms with Crippen LogP contribution in [0.25, 0.3) is 0 Å². The molecule has 0 aromatic heterocycles. The molecule has 1 heterocycles. The zero-order chi connectivity index (χ0) is 10.3. The number of likely N-dealkylation sites (N-methyl/N-ethyl adjacent to an activating group) is 1. The summed E-state index contributed by atoms with van der Waals surface area (Å²) in [7, 11) is 3.66. The van der Waals surface area contributed by atoms with Crippen LogP contribution in [0.2, 0.25) is 0 Å². The van der Waals surface area contributed by atoms with Gasteiger partial charge in [-0.05, 0) is 19.0 Å². The molecule has 3 heteroatoms. The Kier molecular flexibility index (Phi) is 6.82. The van der Waals surface area contributed by atoms with Crippen molar-refractivity contribution in [3.8, 4) is 0 Å². The Morgan fingerprint density at radius 2 is 2.23 bits per heavy atom. The van der Waals surface area contributed by atoms with Crippen LogP contribution >= 0.6 is 0 Å². The molecule has 1 aliphatic heterocycles. The van der Waals surface area contributed by atoms with Gasteiger partial charge in [-0.2, -0.15) is 0 Å². The molecule has 0 saturated carbocycles. The molecule has 1 rings (SSSR count). The predicted molar refractivity (Wildman–Crippen MR) is 53.5 cm³/mol. The summed E-state index contributed by atoms with van der Waals surface area (Å²) in [4.78, 5) is 2.11. The van der Waals surface area contributed by atoms with Gasteiger partial charge >= 0.3 is 0 Å². The summed E-state index contributed by atoms with van der Waals surface area (Å²) in [6.45, 7) is 5.43. The van der Waals surface area contributed by atoms with Gasteiger partial charge in [0.2, 0.25) is 0 Å². The first-order valence-electron chi connectivity index (χ1n) is 4.75. The quantitative estimate of drug-likeness (QED) is 0.660. The van der Waals surface area contributed by atoms with Gasteiger partial charge in [0.05, 0.1) is 12.9 Å². The van der Waals surface area contributed by atoms with Crippen molar-refractivity contribution in [1.82, 2.24) is 4.90 Å². The Hall–Kier alpha value is -0.410. The van der Waals surface area contributed by atoms with E-state index < -0.39 is 0 Å². The smallest absolute Gasteiger partial charge is 0.0872 e. The third-order valence-corrected chi connectivity index (χ3v) is 2.09. The highest BCUT2D eigenvalue weighted by Crippen LogP contribution is 2.20. The molecule has 0 aliphatic carbocycles. The number of methoxy groups -OCH3 is 1. The summed E-state index contributed by atoms with van der Waals surface area (Å²) in [5.74, 6) is 0. The van der Waals surface area contributed by atoms with Gasteiger partial charge in [0.1, 0.15) is 0 Å². The largest absolute Gasteiger partial charge is 0.383 e. The molecule has 0 N–H and O–H groups in total. The molecule has 78 valence electrons. The van der Waals surface area contributed by atoms with Crippen molar-refractivity contribution in [1.29, 1.82) is 0 Å². The van der Waals surface area contributed by atoms with E-state index in [1.165, 1.54) is 0 Å². The third-order valence-electron chi connectivity index (χ3n) is 2.09. The first-order valence-corrected chi connectivity index (χ1v) is 4.75. The van der Waals surface area contributed by atoms with Gasteiger partial charge in [-0.25, -0.2) is 4.39 Å². The summed E-state index contributed by atoms with van der Waals surface area (Å²) in [5, 5.41) is 0. The van der Waals surface area contributed by atoms with Crippen LogP contribution < -0.4 is 0 Å². The first kappa shape index (κ1) is 12.6. The van der Waals surface area contributed by atoms with E-state index in [9.17, 15) is 4.39 Å². The van der Waals surface area contributed by atoms with Crippen LogP contribution in [0.5, 0.6) is 0 Å². The molecule has 0 aromatic rings. The first-order chi connectivity index (χ1) is 6.27. The number of nitrogens with zero attached hydrogens (tertiary/aromatic N) is 1. The van der Waals surface area contributed by atoms with E-state index in [2.05, 4.69) is 4.90 Å². The molecule has 0 spiro atoms. The summed E-state index contributed by atoms with van der Waals surface area (Å²) >= 11 is 0. The second-order valence-corrected chi connectivity index (χ2v) is 3.00. The topological polar surface area (TPSA) is 12.5 Å². The number of likely N-dealkylation sites (tertiary alicyclic amines) is 1. The molecule has 0 bridgehead atoms. The third kappa shape index (κ3) is 3.87. The van der Waals surface area contributed by atoms with E-state index in [1.54, 1.807) is 7.11 Å². The monoisotopic (exact) mass is 189 g/mol. The van der Waals surface area contributed by atoms with Crippen LogP contribution in [0.1, 0.15) is 20.3 Å². The summed E-state index contributed by atoms with van der Waals surface area (Å²) < 4.78 is 17.1. The minimum atomic E-state index is 0.363. The van der Waals surface area contributed by atoms with Gasteiger partial charge in [-0.15, -0.1) is 0 Å². The van der Waals surface area contributed by atoms with E-state index in [0.717, 1.165) is 18.5 Å². The molecule has 13 heavy (non-hydrogen) atoms. The maximum atomic E-state index is 12.1. The molecular formula is C10H20FNO. The number of hydrogen-bond acceptors (Lipinski definition) is 2. The Morgan fingerprint density at radius 3 is 2.62 bits per heavy atom. The standard InChI is InChI=1S/C8H14FNO.C2H6/c1-10-5-7(4-9)3-8(10)6-11-2;1-2/h4,8H,3,5-6H2,1-2H3;1-2H3/b7-4-;. The van der Waals surface area contributed by atoms with Crippen LogP contribution in [0.3, 0.4) is 0 Å². The van der Waals surface area contributed by atoms with E-state index in [1.807, 2.05) is 20.9 Å². The Morgan fingerprint density at radius 1 is 1.62 bits per heavy atom. The number of hydrogen-bond donors (Lipinski definition) is 0. The molecule has 1 unspecified atom stereocenters. The van der Waals surface area contributed by atoms with Crippen LogP contribution in [0.4, 0.5) is 4.39 Å². The fraction of sp³-hybridized carbons (Fsp3) is 0.800. The van der Waals surface area contributed by atoms with Crippen molar-refractivity contribution in [2.45, 2.75) is 26.3 Å². The van der Waals surface area contributed by atoms with Crippen molar-refractivity contribution in [3.05, 3.63) is 11.9 Å².